The van der Waals surface area contributed by atoms with Crippen LogP contribution in [0.5, 0.6) is 0 Å². The molecule has 0 radical (unpaired) electrons. The van der Waals surface area contributed by atoms with Crippen molar-refractivity contribution in [3.05, 3.63) is 71.8 Å². The summed E-state index contributed by atoms with van der Waals surface area (Å²) < 4.78 is 16.5. The summed E-state index contributed by atoms with van der Waals surface area (Å²) in [5, 5.41) is 13.7. The monoisotopic (exact) mass is 527 g/mol. The zero-order valence-corrected chi connectivity index (χ0v) is 22.7. The lowest BCUT2D eigenvalue weighted by molar-refractivity contribution is -0.102. The van der Waals surface area contributed by atoms with Gasteiger partial charge < -0.3 is 19.3 Å². The molecular weight excluding hydrogens is 486 g/mol. The van der Waals surface area contributed by atoms with E-state index in [1.54, 1.807) is 25.8 Å². The highest BCUT2D eigenvalue weighted by Gasteiger charge is 2.32. The van der Waals surface area contributed by atoms with E-state index >= 15 is 0 Å². The third-order valence-corrected chi connectivity index (χ3v) is 6.10. The third-order valence-electron chi connectivity index (χ3n) is 6.10. The van der Waals surface area contributed by atoms with Crippen LogP contribution in [0.3, 0.4) is 0 Å². The van der Waals surface area contributed by atoms with Crippen LogP contribution in [-0.2, 0) is 27.2 Å². The Hall–Kier alpha value is -3.14. The van der Waals surface area contributed by atoms with Crippen LogP contribution in [0.2, 0.25) is 0 Å². The number of rotatable bonds is 10. The minimum absolute atomic E-state index is 0.0501. The molecule has 0 aliphatic carbocycles. The molecule has 2 amide bonds. The first-order valence-electron chi connectivity index (χ1n) is 13.2. The van der Waals surface area contributed by atoms with E-state index in [1.807, 2.05) is 60.7 Å². The van der Waals surface area contributed by atoms with Crippen LogP contribution in [0, 0.1) is 5.92 Å². The summed E-state index contributed by atoms with van der Waals surface area (Å²) in [7, 11) is 0. The molecule has 2 aromatic rings. The van der Waals surface area contributed by atoms with Crippen molar-refractivity contribution in [3.8, 4) is 0 Å². The van der Waals surface area contributed by atoms with Gasteiger partial charge in [0.25, 0.3) is 0 Å². The largest absolute Gasteiger partial charge is 0.444 e. The van der Waals surface area contributed by atoms with Gasteiger partial charge in [0.2, 0.25) is 0 Å². The fraction of sp³-hybridized carbons (Fsp3) is 0.517. The number of hydrogen-bond donors (Lipinski definition) is 2. The summed E-state index contributed by atoms with van der Waals surface area (Å²) in [6.45, 7) is 7.15. The fourth-order valence-corrected chi connectivity index (χ4v) is 4.16. The van der Waals surface area contributed by atoms with Gasteiger partial charge in [-0.3, -0.25) is 0 Å². The average Bonchev–Trinajstić information content (AvgIpc) is 2.90. The van der Waals surface area contributed by atoms with Crippen molar-refractivity contribution in [1.29, 1.82) is 0 Å². The number of benzene rings is 2. The van der Waals surface area contributed by atoms with E-state index in [4.69, 9.17) is 14.2 Å². The second-order valence-corrected chi connectivity index (χ2v) is 10.6. The maximum atomic E-state index is 13.3. The predicted molar refractivity (Wildman–Crippen MR) is 144 cm³/mol. The molecule has 0 aromatic heterocycles. The van der Waals surface area contributed by atoms with Crippen molar-refractivity contribution < 1.29 is 28.9 Å². The lowest BCUT2D eigenvalue weighted by Crippen LogP contribution is -2.60. The molecule has 1 heterocycles. The Labute approximate surface area is 225 Å². The molecule has 38 heavy (non-hydrogen) atoms. The molecule has 9 nitrogen and oxygen atoms in total. The summed E-state index contributed by atoms with van der Waals surface area (Å²) in [5.41, 5.74) is 3.71. The molecule has 0 saturated carbocycles. The highest BCUT2D eigenvalue weighted by molar-refractivity contribution is 5.73. The normalized spacial score (nSPS) is 15.1. The maximum absolute atomic E-state index is 13.3. The molecule has 1 aliphatic heterocycles. The molecule has 3 rings (SSSR count). The second-order valence-electron chi connectivity index (χ2n) is 10.6. The van der Waals surface area contributed by atoms with Gasteiger partial charge in [0, 0.05) is 26.3 Å². The van der Waals surface area contributed by atoms with Crippen LogP contribution in [0.15, 0.2) is 60.7 Å². The van der Waals surface area contributed by atoms with Gasteiger partial charge >= 0.3 is 12.2 Å². The quantitative estimate of drug-likeness (QED) is 0.432. The Kier molecular flexibility index (Phi) is 11.4. The first kappa shape index (κ1) is 29.4. The molecule has 0 unspecified atom stereocenters. The number of amides is 2. The van der Waals surface area contributed by atoms with E-state index in [-0.39, 0.29) is 19.1 Å². The van der Waals surface area contributed by atoms with E-state index in [1.165, 1.54) is 0 Å². The Morgan fingerprint density at radius 2 is 1.63 bits per heavy atom. The van der Waals surface area contributed by atoms with Crippen molar-refractivity contribution >= 4 is 12.2 Å². The first-order valence-corrected chi connectivity index (χ1v) is 13.2. The number of aliphatic hydroxyl groups excluding tert-OH is 1. The van der Waals surface area contributed by atoms with E-state index in [2.05, 4.69) is 5.43 Å². The number of nitrogens with one attached hydrogen (secondary N) is 1. The zero-order chi connectivity index (χ0) is 27.4. The van der Waals surface area contributed by atoms with Crippen molar-refractivity contribution in [3.63, 3.8) is 0 Å². The van der Waals surface area contributed by atoms with Crippen LogP contribution in [0.4, 0.5) is 9.59 Å². The number of hydrazine groups is 2. The van der Waals surface area contributed by atoms with Crippen LogP contribution in [-0.4, -0.2) is 65.4 Å². The smallest absolute Gasteiger partial charge is 0.443 e. The van der Waals surface area contributed by atoms with E-state index in [9.17, 15) is 14.7 Å². The molecule has 9 heteroatoms. The minimum Gasteiger partial charge on any atom is -0.443 e. The molecular formula is C29H41N3O6. The standard InChI is InChI=1S/C29H41N3O6/c1-29(2,3)38-28(35)32(30-27(34)37-22-25-12-8-5-9-13-25)31(20-24-16-18-36-19-17-24)21-26(33)15-14-23-10-6-4-7-11-23/h4-13,24,26,33H,14-22H2,1-3H3,(H,30,34)/t26-/m0/s1. The van der Waals surface area contributed by atoms with Gasteiger partial charge in [-0.1, -0.05) is 60.7 Å². The summed E-state index contributed by atoms with van der Waals surface area (Å²) in [5.74, 6) is 0.220. The first-order chi connectivity index (χ1) is 18.2. The van der Waals surface area contributed by atoms with Gasteiger partial charge in [0.05, 0.1) is 6.10 Å². The molecule has 208 valence electrons. The number of hydrogen-bond acceptors (Lipinski definition) is 7. The summed E-state index contributed by atoms with van der Waals surface area (Å²) in [4.78, 5) is 26.1. The fourth-order valence-electron chi connectivity index (χ4n) is 4.16. The molecule has 1 saturated heterocycles. The molecule has 2 N–H and O–H groups in total. The number of carbonyl (C=O) groups excluding carboxylic acids is 2. The highest BCUT2D eigenvalue weighted by atomic mass is 16.6. The average molecular weight is 528 g/mol. The Morgan fingerprint density at radius 1 is 1.03 bits per heavy atom. The third kappa shape index (κ3) is 10.7. The minimum atomic E-state index is -0.796. The molecule has 0 spiro atoms. The van der Waals surface area contributed by atoms with Crippen LogP contribution in [0.25, 0.3) is 0 Å². The molecule has 0 bridgehead atoms. The number of nitrogens with zero attached hydrogens (tertiary/aromatic N) is 2. The highest BCUT2D eigenvalue weighted by Crippen LogP contribution is 2.19. The van der Waals surface area contributed by atoms with Gasteiger partial charge in [-0.15, -0.1) is 5.12 Å². The van der Waals surface area contributed by atoms with Crippen molar-refractivity contribution in [2.75, 3.05) is 26.3 Å². The molecule has 2 aromatic carbocycles. The summed E-state index contributed by atoms with van der Waals surface area (Å²) in [6.07, 6.45) is 0.518. The lowest BCUT2D eigenvalue weighted by Gasteiger charge is -2.38. The van der Waals surface area contributed by atoms with Crippen molar-refractivity contribution in [2.45, 2.75) is 64.8 Å². The number of carbonyl (C=O) groups is 2. The van der Waals surface area contributed by atoms with Crippen LogP contribution < -0.4 is 5.43 Å². The Bertz CT molecular complexity index is 977. The molecule has 1 aliphatic rings. The van der Waals surface area contributed by atoms with Gasteiger partial charge in [-0.25, -0.2) is 15.0 Å². The van der Waals surface area contributed by atoms with Gasteiger partial charge in [-0.2, -0.15) is 5.01 Å². The van der Waals surface area contributed by atoms with Crippen LogP contribution >= 0.6 is 0 Å². The van der Waals surface area contributed by atoms with E-state index in [0.717, 1.165) is 29.1 Å². The topological polar surface area (TPSA) is 101 Å². The van der Waals surface area contributed by atoms with Gasteiger partial charge in [-0.05, 0) is 63.5 Å². The maximum Gasteiger partial charge on any atom is 0.444 e. The predicted octanol–water partition coefficient (Wildman–Crippen LogP) is 4.70. The lowest BCUT2D eigenvalue weighted by atomic mass is 10.00. The SMILES string of the molecule is CC(C)(C)OC(=O)N(NC(=O)OCc1ccccc1)N(CC1CCOCC1)C[C@@H](O)CCc1ccccc1. The molecule has 1 fully saturated rings. The second kappa shape index (κ2) is 14.7. The number of ether oxygens (including phenoxy) is 3. The van der Waals surface area contributed by atoms with Gasteiger partial charge in [0.15, 0.2) is 0 Å². The Balaban J connectivity index is 1.74. The Morgan fingerprint density at radius 3 is 2.24 bits per heavy atom. The zero-order valence-electron chi connectivity index (χ0n) is 22.7. The van der Waals surface area contributed by atoms with E-state index in [0.29, 0.717) is 32.6 Å². The van der Waals surface area contributed by atoms with Crippen LogP contribution in [0.1, 0.15) is 51.2 Å². The number of aliphatic hydroxyl groups is 1. The summed E-state index contributed by atoms with van der Waals surface area (Å²) >= 11 is 0. The summed E-state index contributed by atoms with van der Waals surface area (Å²) in [6, 6.07) is 19.2. The number of aryl methyl sites for hydroxylation is 1. The van der Waals surface area contributed by atoms with Crippen molar-refractivity contribution in [2.24, 2.45) is 5.92 Å². The van der Waals surface area contributed by atoms with Gasteiger partial charge in [0.1, 0.15) is 12.2 Å². The van der Waals surface area contributed by atoms with E-state index < -0.39 is 23.9 Å². The molecule has 1 atom stereocenters. The van der Waals surface area contributed by atoms with Crippen molar-refractivity contribution in [1.82, 2.24) is 15.6 Å².